The molecule has 9 heteroatoms. The Hall–Kier alpha value is -3.85. The highest BCUT2D eigenvalue weighted by molar-refractivity contribution is 7.12. The molecule has 0 radical (unpaired) electrons. The zero-order valence-electron chi connectivity index (χ0n) is 19.0. The summed E-state index contributed by atoms with van der Waals surface area (Å²) in [6, 6.07) is 16.6. The summed E-state index contributed by atoms with van der Waals surface area (Å²) in [6.07, 6.45) is 1.10. The Morgan fingerprint density at radius 2 is 1.74 bits per heavy atom. The molecule has 3 amide bonds. The second-order valence-electron chi connectivity index (χ2n) is 7.35. The molecule has 0 fully saturated rings. The number of hydrazine groups is 1. The van der Waals surface area contributed by atoms with E-state index in [1.165, 1.54) is 24.5 Å². The highest BCUT2D eigenvalue weighted by Crippen LogP contribution is 2.28. The first-order valence-electron chi connectivity index (χ1n) is 10.8. The molecule has 8 nitrogen and oxygen atoms in total. The van der Waals surface area contributed by atoms with Gasteiger partial charge in [0.15, 0.2) is 11.5 Å². The molecule has 0 bridgehead atoms. The number of hydrogen-bond acceptors (Lipinski definition) is 6. The fourth-order valence-corrected chi connectivity index (χ4v) is 3.74. The van der Waals surface area contributed by atoms with E-state index < -0.39 is 17.9 Å². The molecule has 3 N–H and O–H groups in total. The average Bonchev–Trinajstić information content (AvgIpc) is 3.41. The van der Waals surface area contributed by atoms with Gasteiger partial charge in [0, 0.05) is 12.0 Å². The Morgan fingerprint density at radius 3 is 2.41 bits per heavy atom. The summed E-state index contributed by atoms with van der Waals surface area (Å²) < 4.78 is 10.9. The molecule has 1 atom stereocenters. The van der Waals surface area contributed by atoms with Gasteiger partial charge in [0.25, 0.3) is 17.7 Å². The molecule has 3 rings (SSSR count). The number of rotatable bonds is 10. The van der Waals surface area contributed by atoms with Gasteiger partial charge in [0.2, 0.25) is 0 Å². The molecule has 2 aromatic carbocycles. The molecular weight excluding hydrogens is 454 g/mol. The van der Waals surface area contributed by atoms with Gasteiger partial charge in [0.05, 0.1) is 18.6 Å². The van der Waals surface area contributed by atoms with Crippen LogP contribution in [0.25, 0.3) is 0 Å². The molecule has 0 spiro atoms. The van der Waals surface area contributed by atoms with E-state index in [1.807, 2.05) is 37.3 Å². The highest BCUT2D eigenvalue weighted by atomic mass is 32.1. The lowest BCUT2D eigenvalue weighted by Gasteiger charge is -2.19. The lowest BCUT2D eigenvalue weighted by Crippen LogP contribution is -2.53. The Bertz CT molecular complexity index is 1100. The van der Waals surface area contributed by atoms with E-state index in [1.54, 1.807) is 29.6 Å². The molecule has 0 aliphatic heterocycles. The van der Waals surface area contributed by atoms with E-state index in [9.17, 15) is 14.4 Å². The predicted molar refractivity (Wildman–Crippen MR) is 130 cm³/mol. The summed E-state index contributed by atoms with van der Waals surface area (Å²) in [4.78, 5) is 38.6. The maximum absolute atomic E-state index is 12.9. The van der Waals surface area contributed by atoms with Gasteiger partial charge in [-0.1, -0.05) is 43.3 Å². The van der Waals surface area contributed by atoms with Crippen molar-refractivity contribution in [1.29, 1.82) is 0 Å². The van der Waals surface area contributed by atoms with Crippen LogP contribution in [0.1, 0.15) is 38.9 Å². The zero-order chi connectivity index (χ0) is 24.3. The van der Waals surface area contributed by atoms with Crippen LogP contribution in [0, 0.1) is 0 Å². The van der Waals surface area contributed by atoms with Crippen LogP contribution in [0.15, 0.2) is 66.0 Å². The largest absolute Gasteiger partial charge is 0.493 e. The third kappa shape index (κ3) is 6.82. The number of nitrogens with one attached hydrogen (secondary N) is 3. The minimum atomic E-state index is -0.892. The fraction of sp³-hybridized carbons (Fsp3) is 0.240. The standard InChI is InChI=1S/C25H27N3O5S/c1-3-13-33-20-12-11-18(16-21(20)32-2)23(29)27-28-24(30)19(15-17-8-5-4-6-9-17)26-25(31)22-10-7-14-34-22/h4-12,14,16,19H,3,13,15H2,1-2H3,(H,26,31)(H,27,29)(H,28,30)/t19-/m0/s1. The molecule has 0 unspecified atom stereocenters. The first-order chi connectivity index (χ1) is 16.5. The molecule has 1 aromatic heterocycles. The van der Waals surface area contributed by atoms with Crippen molar-refractivity contribution in [1.82, 2.24) is 16.2 Å². The van der Waals surface area contributed by atoms with Crippen LogP contribution in [0.4, 0.5) is 0 Å². The third-order valence-corrected chi connectivity index (χ3v) is 5.70. The summed E-state index contributed by atoms with van der Waals surface area (Å²) in [6.45, 7) is 2.52. The Kier molecular flexibility index (Phi) is 9.04. The van der Waals surface area contributed by atoms with E-state index in [-0.39, 0.29) is 17.9 Å². The SMILES string of the molecule is CCCOc1ccc(C(=O)NNC(=O)[C@H](Cc2ccccc2)NC(=O)c2cccs2)cc1OC. The predicted octanol–water partition coefficient (Wildman–Crippen LogP) is 3.35. The highest BCUT2D eigenvalue weighted by Gasteiger charge is 2.23. The summed E-state index contributed by atoms with van der Waals surface area (Å²) in [5.41, 5.74) is 5.97. The molecule has 178 valence electrons. The van der Waals surface area contributed by atoms with Crippen molar-refractivity contribution in [3.05, 3.63) is 82.0 Å². The van der Waals surface area contributed by atoms with E-state index in [4.69, 9.17) is 9.47 Å². The van der Waals surface area contributed by atoms with E-state index in [2.05, 4.69) is 16.2 Å². The topological polar surface area (TPSA) is 106 Å². The molecular formula is C25H27N3O5S. The zero-order valence-corrected chi connectivity index (χ0v) is 19.8. The molecule has 0 saturated carbocycles. The van der Waals surface area contributed by atoms with Gasteiger partial charge in [-0.2, -0.15) is 0 Å². The lowest BCUT2D eigenvalue weighted by atomic mass is 10.1. The van der Waals surface area contributed by atoms with Gasteiger partial charge < -0.3 is 14.8 Å². The summed E-state index contributed by atoms with van der Waals surface area (Å²) in [5.74, 6) is -0.486. The monoisotopic (exact) mass is 481 g/mol. The van der Waals surface area contributed by atoms with E-state index in [0.717, 1.165) is 12.0 Å². The number of methoxy groups -OCH3 is 1. The lowest BCUT2D eigenvalue weighted by molar-refractivity contribution is -0.123. The minimum absolute atomic E-state index is 0.261. The van der Waals surface area contributed by atoms with Crippen molar-refractivity contribution < 1.29 is 23.9 Å². The van der Waals surface area contributed by atoms with Crippen LogP contribution in [0.5, 0.6) is 11.5 Å². The van der Waals surface area contributed by atoms with Crippen LogP contribution in [-0.4, -0.2) is 37.5 Å². The van der Waals surface area contributed by atoms with Gasteiger partial charge >= 0.3 is 0 Å². The Labute approximate surface area is 202 Å². The van der Waals surface area contributed by atoms with Crippen LogP contribution in [0.3, 0.4) is 0 Å². The number of carbonyl (C=O) groups is 3. The molecule has 0 aliphatic carbocycles. The summed E-state index contributed by atoms with van der Waals surface area (Å²) in [7, 11) is 1.49. The van der Waals surface area contributed by atoms with E-state index >= 15 is 0 Å². The smallest absolute Gasteiger partial charge is 0.269 e. The van der Waals surface area contributed by atoms with Crippen LogP contribution >= 0.6 is 11.3 Å². The molecule has 1 heterocycles. The van der Waals surface area contributed by atoms with Gasteiger partial charge in [-0.05, 0) is 41.6 Å². The summed E-state index contributed by atoms with van der Waals surface area (Å²) in [5, 5.41) is 4.53. The second kappa shape index (κ2) is 12.4. The quantitative estimate of drug-likeness (QED) is 0.385. The van der Waals surface area contributed by atoms with Crippen molar-refractivity contribution in [2.45, 2.75) is 25.8 Å². The average molecular weight is 482 g/mol. The normalized spacial score (nSPS) is 11.2. The van der Waals surface area contributed by atoms with Crippen LogP contribution < -0.4 is 25.6 Å². The van der Waals surface area contributed by atoms with Crippen molar-refractivity contribution in [2.75, 3.05) is 13.7 Å². The first kappa shape index (κ1) is 24.8. The maximum atomic E-state index is 12.9. The first-order valence-corrected chi connectivity index (χ1v) is 11.7. The fourth-order valence-electron chi connectivity index (χ4n) is 3.11. The molecule has 0 saturated heterocycles. The van der Waals surface area contributed by atoms with Gasteiger partial charge in [-0.25, -0.2) is 0 Å². The number of thiophene rings is 1. The molecule has 3 aromatic rings. The van der Waals surface area contributed by atoms with Gasteiger partial charge in [0.1, 0.15) is 6.04 Å². The Balaban J connectivity index is 1.67. The minimum Gasteiger partial charge on any atom is -0.493 e. The van der Waals surface area contributed by atoms with Crippen LogP contribution in [-0.2, 0) is 11.2 Å². The van der Waals surface area contributed by atoms with Crippen molar-refractivity contribution in [3.8, 4) is 11.5 Å². The second-order valence-corrected chi connectivity index (χ2v) is 8.30. The van der Waals surface area contributed by atoms with Crippen molar-refractivity contribution >= 4 is 29.1 Å². The van der Waals surface area contributed by atoms with Crippen molar-refractivity contribution in [2.24, 2.45) is 0 Å². The van der Waals surface area contributed by atoms with Crippen molar-refractivity contribution in [3.63, 3.8) is 0 Å². The van der Waals surface area contributed by atoms with E-state index in [0.29, 0.717) is 23.0 Å². The number of ether oxygens (including phenoxy) is 2. The van der Waals surface area contributed by atoms with Crippen LogP contribution in [0.2, 0.25) is 0 Å². The molecule has 0 aliphatic rings. The van der Waals surface area contributed by atoms with Gasteiger partial charge in [-0.15, -0.1) is 11.3 Å². The maximum Gasteiger partial charge on any atom is 0.269 e. The Morgan fingerprint density at radius 1 is 0.941 bits per heavy atom. The summed E-state index contributed by atoms with van der Waals surface area (Å²) >= 11 is 1.28. The van der Waals surface area contributed by atoms with Gasteiger partial charge in [-0.3, -0.25) is 25.2 Å². The third-order valence-electron chi connectivity index (χ3n) is 4.84. The number of hydrogen-bond donors (Lipinski definition) is 3. The number of carbonyl (C=O) groups excluding carboxylic acids is 3. The molecule has 34 heavy (non-hydrogen) atoms. The number of amides is 3. The number of benzene rings is 2.